The second kappa shape index (κ2) is 3.34. The monoisotopic (exact) mass is 232 g/mol. The Labute approximate surface area is 78.4 Å². The maximum absolute atomic E-state index is 11.8. The molecule has 8 heteroatoms. The number of ether oxygens (including phenoxy) is 1. The second-order valence-corrected chi connectivity index (χ2v) is 4.10. The Kier molecular flexibility index (Phi) is 2.66. The van der Waals surface area contributed by atoms with Crippen LogP contribution in [-0.4, -0.2) is 20.5 Å². The summed E-state index contributed by atoms with van der Waals surface area (Å²) in [5.74, 6) is -0.222. The van der Waals surface area contributed by atoms with Gasteiger partial charge in [0.15, 0.2) is 5.76 Å². The van der Waals surface area contributed by atoms with Gasteiger partial charge in [0.05, 0.1) is 6.61 Å². The fourth-order valence-electron chi connectivity index (χ4n) is 0.833. The van der Waals surface area contributed by atoms with E-state index in [9.17, 15) is 21.6 Å². The molecule has 0 saturated carbocycles. The third kappa shape index (κ3) is 2.11. The Morgan fingerprint density at radius 2 is 2.00 bits per heavy atom. The summed E-state index contributed by atoms with van der Waals surface area (Å²) in [5, 5.41) is 0. The zero-order valence-electron chi connectivity index (χ0n) is 7.09. The lowest BCUT2D eigenvalue weighted by atomic mass is 10.4. The first-order valence-corrected chi connectivity index (χ1v) is 4.98. The van der Waals surface area contributed by atoms with Gasteiger partial charge in [-0.05, 0) is 6.92 Å². The average Bonchev–Trinajstić information content (AvgIpc) is 2.33. The van der Waals surface area contributed by atoms with Crippen molar-refractivity contribution in [2.75, 3.05) is 6.61 Å². The third-order valence-corrected chi connectivity index (χ3v) is 2.52. The van der Waals surface area contributed by atoms with Crippen molar-refractivity contribution >= 4 is 10.1 Å². The van der Waals surface area contributed by atoms with Crippen LogP contribution in [0.3, 0.4) is 0 Å². The molecule has 0 aromatic rings. The van der Waals surface area contributed by atoms with Gasteiger partial charge in [0.25, 0.3) is 0 Å². The largest absolute Gasteiger partial charge is 0.534 e. The Morgan fingerprint density at radius 1 is 1.43 bits per heavy atom. The van der Waals surface area contributed by atoms with Crippen LogP contribution in [0.4, 0.5) is 13.2 Å². The van der Waals surface area contributed by atoms with Gasteiger partial charge in [-0.15, -0.1) is 0 Å². The molecule has 1 rings (SSSR count). The summed E-state index contributed by atoms with van der Waals surface area (Å²) in [6.07, 6.45) is 0.0289. The predicted octanol–water partition coefficient (Wildman–Crippen LogP) is 1.50. The van der Waals surface area contributed by atoms with Crippen molar-refractivity contribution in [3.63, 3.8) is 0 Å². The maximum atomic E-state index is 11.8. The molecule has 0 unspecified atom stereocenters. The minimum Gasteiger partial charge on any atom is -0.494 e. The molecule has 1 heterocycles. The van der Waals surface area contributed by atoms with E-state index in [0.717, 1.165) is 0 Å². The quantitative estimate of drug-likeness (QED) is 0.534. The molecule has 14 heavy (non-hydrogen) atoms. The van der Waals surface area contributed by atoms with Crippen molar-refractivity contribution in [2.24, 2.45) is 0 Å². The molecule has 0 aromatic carbocycles. The SMILES string of the molecule is CC1=C(OS(=O)(=O)C(F)(F)F)CCO1. The molecule has 0 bridgehead atoms. The van der Waals surface area contributed by atoms with E-state index in [4.69, 9.17) is 4.74 Å². The van der Waals surface area contributed by atoms with E-state index < -0.39 is 15.6 Å². The molecular weight excluding hydrogens is 225 g/mol. The summed E-state index contributed by atoms with van der Waals surface area (Å²) >= 11 is 0. The van der Waals surface area contributed by atoms with E-state index in [-0.39, 0.29) is 24.5 Å². The van der Waals surface area contributed by atoms with E-state index in [2.05, 4.69) is 4.18 Å². The molecule has 0 spiro atoms. The van der Waals surface area contributed by atoms with Gasteiger partial charge < -0.3 is 8.92 Å². The molecule has 0 radical (unpaired) electrons. The van der Waals surface area contributed by atoms with Gasteiger partial charge in [0, 0.05) is 6.42 Å². The van der Waals surface area contributed by atoms with Crippen LogP contribution in [0.15, 0.2) is 11.5 Å². The number of halogens is 3. The van der Waals surface area contributed by atoms with Crippen molar-refractivity contribution in [3.8, 4) is 0 Å². The molecule has 0 aromatic heterocycles. The summed E-state index contributed by atoms with van der Waals surface area (Å²) in [5.41, 5.74) is -5.40. The second-order valence-electron chi connectivity index (χ2n) is 2.56. The lowest BCUT2D eigenvalue weighted by Crippen LogP contribution is -2.25. The van der Waals surface area contributed by atoms with Crippen LogP contribution < -0.4 is 0 Å². The van der Waals surface area contributed by atoms with Crippen molar-refractivity contribution in [2.45, 2.75) is 18.9 Å². The van der Waals surface area contributed by atoms with Gasteiger partial charge in [0.1, 0.15) is 5.76 Å². The van der Waals surface area contributed by atoms with Crippen molar-refractivity contribution in [3.05, 3.63) is 11.5 Å². The van der Waals surface area contributed by atoms with Crippen LogP contribution in [0.2, 0.25) is 0 Å². The van der Waals surface area contributed by atoms with Crippen LogP contribution in [0.25, 0.3) is 0 Å². The predicted molar refractivity (Wildman–Crippen MR) is 39.3 cm³/mol. The molecule has 0 amide bonds. The normalized spacial score (nSPS) is 18.3. The summed E-state index contributed by atoms with van der Waals surface area (Å²) < 4.78 is 65.2. The number of allylic oxidation sites excluding steroid dienone is 1. The van der Waals surface area contributed by atoms with Gasteiger partial charge in [-0.25, -0.2) is 0 Å². The standard InChI is InChI=1S/C6H7F3O4S/c1-4-5(2-3-12-4)13-14(10,11)6(7,8)9/h2-3H2,1H3. The van der Waals surface area contributed by atoms with Crippen LogP contribution in [0, 0.1) is 0 Å². The molecule has 0 atom stereocenters. The van der Waals surface area contributed by atoms with Crippen LogP contribution in [-0.2, 0) is 19.0 Å². The Morgan fingerprint density at radius 3 is 2.36 bits per heavy atom. The molecule has 82 valence electrons. The van der Waals surface area contributed by atoms with Crippen LogP contribution in [0.5, 0.6) is 0 Å². The molecule has 1 aliphatic rings. The molecule has 0 aliphatic carbocycles. The number of rotatable bonds is 2. The Bertz CT molecular complexity index is 354. The lowest BCUT2D eigenvalue weighted by molar-refractivity contribution is -0.0523. The van der Waals surface area contributed by atoms with E-state index in [1.54, 1.807) is 0 Å². The smallest absolute Gasteiger partial charge is 0.494 e. The Hall–Kier alpha value is -0.920. The number of alkyl halides is 3. The van der Waals surface area contributed by atoms with Gasteiger partial charge >= 0.3 is 15.6 Å². The third-order valence-electron chi connectivity index (χ3n) is 1.53. The molecule has 4 nitrogen and oxygen atoms in total. The summed E-state index contributed by atoms with van der Waals surface area (Å²) in [7, 11) is -5.55. The van der Waals surface area contributed by atoms with Gasteiger partial charge in [-0.2, -0.15) is 21.6 Å². The number of hydrogen-bond donors (Lipinski definition) is 0. The number of hydrogen-bond acceptors (Lipinski definition) is 4. The zero-order chi connectivity index (χ0) is 11.0. The maximum Gasteiger partial charge on any atom is 0.534 e. The first kappa shape index (κ1) is 11.2. The summed E-state index contributed by atoms with van der Waals surface area (Å²) in [4.78, 5) is 0. The van der Waals surface area contributed by atoms with E-state index >= 15 is 0 Å². The van der Waals surface area contributed by atoms with E-state index in [0.29, 0.717) is 0 Å². The van der Waals surface area contributed by atoms with Gasteiger partial charge in [-0.3, -0.25) is 0 Å². The van der Waals surface area contributed by atoms with Gasteiger partial charge in [0.2, 0.25) is 0 Å². The highest BCUT2D eigenvalue weighted by Crippen LogP contribution is 2.30. The minimum absolute atomic E-state index is 0.0289. The molecule has 0 N–H and O–H groups in total. The highest BCUT2D eigenvalue weighted by molar-refractivity contribution is 7.87. The van der Waals surface area contributed by atoms with Crippen LogP contribution in [0.1, 0.15) is 13.3 Å². The fraction of sp³-hybridized carbons (Fsp3) is 0.667. The molecular formula is C6H7F3O4S. The molecule has 1 aliphatic heterocycles. The summed E-state index contributed by atoms with van der Waals surface area (Å²) in [6.45, 7) is 1.47. The highest BCUT2D eigenvalue weighted by Gasteiger charge is 2.49. The van der Waals surface area contributed by atoms with Crippen molar-refractivity contribution in [1.82, 2.24) is 0 Å². The van der Waals surface area contributed by atoms with Crippen molar-refractivity contribution < 1.29 is 30.5 Å². The van der Waals surface area contributed by atoms with E-state index in [1.807, 2.05) is 0 Å². The molecule has 0 saturated heterocycles. The zero-order valence-corrected chi connectivity index (χ0v) is 7.91. The minimum atomic E-state index is -5.55. The molecule has 0 fully saturated rings. The first-order valence-electron chi connectivity index (χ1n) is 3.57. The first-order chi connectivity index (χ1) is 6.24. The highest BCUT2D eigenvalue weighted by atomic mass is 32.2. The summed E-state index contributed by atoms with van der Waals surface area (Å²) in [6, 6.07) is 0. The topological polar surface area (TPSA) is 52.6 Å². The average molecular weight is 232 g/mol. The fourth-order valence-corrected chi connectivity index (χ4v) is 1.39. The Balaban J connectivity index is 2.85. The van der Waals surface area contributed by atoms with Crippen LogP contribution >= 0.6 is 0 Å². The lowest BCUT2D eigenvalue weighted by Gasteiger charge is -2.09. The van der Waals surface area contributed by atoms with Gasteiger partial charge in [-0.1, -0.05) is 0 Å². The van der Waals surface area contributed by atoms with E-state index in [1.165, 1.54) is 6.92 Å². The van der Waals surface area contributed by atoms with Crippen molar-refractivity contribution in [1.29, 1.82) is 0 Å².